The number of ether oxygens (including phenoxy) is 1. The van der Waals surface area contributed by atoms with Crippen molar-refractivity contribution >= 4 is 11.8 Å². The van der Waals surface area contributed by atoms with E-state index in [9.17, 15) is 18.4 Å². The average Bonchev–Trinajstić information content (AvgIpc) is 2.28. The zero-order valence-electron chi connectivity index (χ0n) is 9.50. The van der Waals surface area contributed by atoms with Crippen molar-refractivity contribution < 1.29 is 23.1 Å². The van der Waals surface area contributed by atoms with E-state index in [1.807, 2.05) is 0 Å². The third-order valence-corrected chi connectivity index (χ3v) is 2.22. The molecule has 0 radical (unpaired) electrons. The number of Topliss-reactive ketones (excluding diaryl/α,β-unsaturated/α-hetero) is 1. The quantitative estimate of drug-likeness (QED) is 0.463. The lowest BCUT2D eigenvalue weighted by Crippen LogP contribution is -2.18. The van der Waals surface area contributed by atoms with Crippen molar-refractivity contribution in [2.75, 3.05) is 6.61 Å². The first-order valence-electron chi connectivity index (χ1n) is 5.07. The number of hydrogen-bond donors (Lipinski definition) is 0. The maximum atomic E-state index is 12.5. The van der Waals surface area contributed by atoms with E-state index in [2.05, 4.69) is 4.74 Å². The van der Waals surface area contributed by atoms with E-state index >= 15 is 0 Å². The number of aryl methyl sites for hydroxylation is 1. The lowest BCUT2D eigenvalue weighted by atomic mass is 10.0. The van der Waals surface area contributed by atoms with Gasteiger partial charge in [0, 0.05) is 11.1 Å². The van der Waals surface area contributed by atoms with Crippen LogP contribution in [0.5, 0.6) is 0 Å². The van der Waals surface area contributed by atoms with Crippen LogP contribution >= 0.6 is 0 Å². The van der Waals surface area contributed by atoms with Gasteiger partial charge in [-0.25, -0.2) is 13.6 Å². The summed E-state index contributed by atoms with van der Waals surface area (Å²) in [5.41, 5.74) is 0.136. The Kier molecular flexibility index (Phi) is 4.31. The molecular weight excluding hydrogens is 230 g/mol. The average molecular weight is 242 g/mol. The fraction of sp³-hybridized carbons (Fsp3) is 0.333. The summed E-state index contributed by atoms with van der Waals surface area (Å²) < 4.78 is 29.5. The van der Waals surface area contributed by atoms with Crippen molar-refractivity contribution in [2.45, 2.75) is 20.3 Å². The van der Waals surface area contributed by atoms with E-state index in [0.29, 0.717) is 5.56 Å². The van der Waals surface area contributed by atoms with Crippen molar-refractivity contribution in [3.8, 4) is 0 Å². The second-order valence-electron chi connectivity index (χ2n) is 3.42. The Hall–Kier alpha value is -1.78. The maximum absolute atomic E-state index is 12.5. The van der Waals surface area contributed by atoms with Crippen molar-refractivity contribution in [3.63, 3.8) is 0 Å². The molecule has 3 nitrogen and oxygen atoms in total. The lowest BCUT2D eigenvalue weighted by Gasteiger charge is -2.07. The predicted octanol–water partition coefficient (Wildman–Crippen LogP) is 2.68. The topological polar surface area (TPSA) is 43.4 Å². The first kappa shape index (κ1) is 13.3. The summed E-state index contributed by atoms with van der Waals surface area (Å²) in [6, 6.07) is 3.63. The molecule has 0 spiro atoms. The third kappa shape index (κ3) is 3.09. The number of carbonyl (C=O) groups excluding carboxylic acids is 2. The van der Waals surface area contributed by atoms with Gasteiger partial charge in [0.1, 0.15) is 0 Å². The number of halogens is 2. The minimum absolute atomic E-state index is 0.0405. The molecule has 0 aromatic heterocycles. The van der Waals surface area contributed by atoms with Gasteiger partial charge in [0.05, 0.1) is 6.61 Å². The van der Waals surface area contributed by atoms with Gasteiger partial charge < -0.3 is 4.74 Å². The second-order valence-corrected chi connectivity index (χ2v) is 3.42. The molecule has 17 heavy (non-hydrogen) atoms. The SMILES string of the molecule is CCOC(=O)C(=O)c1cc(C(F)F)ccc1C. The molecule has 1 aromatic rings. The van der Waals surface area contributed by atoms with Crippen LogP contribution in [0.1, 0.15) is 34.8 Å². The zero-order valence-corrected chi connectivity index (χ0v) is 9.50. The van der Waals surface area contributed by atoms with Gasteiger partial charge in [-0.05, 0) is 25.5 Å². The minimum atomic E-state index is -2.68. The molecular formula is C12H12F2O3. The Morgan fingerprint density at radius 2 is 2.00 bits per heavy atom. The largest absolute Gasteiger partial charge is 0.460 e. The Morgan fingerprint density at radius 1 is 1.35 bits per heavy atom. The number of benzene rings is 1. The predicted molar refractivity (Wildman–Crippen MR) is 57.1 cm³/mol. The summed E-state index contributed by atoms with van der Waals surface area (Å²) in [4.78, 5) is 22.8. The molecule has 0 unspecified atom stereocenters. The van der Waals surface area contributed by atoms with Gasteiger partial charge in [-0.15, -0.1) is 0 Å². The van der Waals surface area contributed by atoms with E-state index in [0.717, 1.165) is 6.07 Å². The molecule has 0 saturated heterocycles. The molecule has 1 aromatic carbocycles. The van der Waals surface area contributed by atoms with E-state index in [1.165, 1.54) is 12.1 Å². The van der Waals surface area contributed by atoms with Gasteiger partial charge in [-0.3, -0.25) is 4.79 Å². The third-order valence-electron chi connectivity index (χ3n) is 2.22. The van der Waals surface area contributed by atoms with Crippen LogP contribution in [0.4, 0.5) is 8.78 Å². The molecule has 5 heteroatoms. The number of esters is 1. The molecule has 0 aliphatic heterocycles. The van der Waals surface area contributed by atoms with E-state index < -0.39 is 18.2 Å². The van der Waals surface area contributed by atoms with Crippen LogP contribution in [-0.2, 0) is 9.53 Å². The Bertz CT molecular complexity index is 441. The molecule has 0 fully saturated rings. The van der Waals surface area contributed by atoms with Crippen LogP contribution in [0, 0.1) is 6.92 Å². The van der Waals surface area contributed by atoms with Gasteiger partial charge in [-0.1, -0.05) is 12.1 Å². The molecule has 0 heterocycles. The van der Waals surface area contributed by atoms with E-state index in [-0.39, 0.29) is 17.7 Å². The monoisotopic (exact) mass is 242 g/mol. The summed E-state index contributed by atoms with van der Waals surface area (Å²) in [7, 11) is 0. The van der Waals surface area contributed by atoms with Crippen molar-refractivity contribution in [1.82, 2.24) is 0 Å². The number of hydrogen-bond acceptors (Lipinski definition) is 3. The molecule has 92 valence electrons. The Morgan fingerprint density at radius 3 is 2.53 bits per heavy atom. The summed E-state index contributed by atoms with van der Waals surface area (Å²) in [5.74, 6) is -1.92. The molecule has 0 N–H and O–H groups in total. The van der Waals surface area contributed by atoms with E-state index in [4.69, 9.17) is 0 Å². The van der Waals surface area contributed by atoms with Crippen LogP contribution in [0.3, 0.4) is 0 Å². The highest BCUT2D eigenvalue weighted by Gasteiger charge is 2.21. The molecule has 0 saturated carbocycles. The lowest BCUT2D eigenvalue weighted by molar-refractivity contribution is -0.137. The number of alkyl halides is 2. The van der Waals surface area contributed by atoms with Crippen LogP contribution < -0.4 is 0 Å². The molecule has 0 bridgehead atoms. The molecule has 1 rings (SSSR count). The zero-order chi connectivity index (χ0) is 13.0. The highest BCUT2D eigenvalue weighted by atomic mass is 19.3. The standard InChI is InChI=1S/C12H12F2O3/c1-3-17-12(16)10(15)9-6-8(11(13)14)5-4-7(9)2/h4-6,11H,3H2,1-2H3. The first-order valence-corrected chi connectivity index (χ1v) is 5.07. The fourth-order valence-electron chi connectivity index (χ4n) is 1.33. The van der Waals surface area contributed by atoms with Gasteiger partial charge in [-0.2, -0.15) is 0 Å². The number of rotatable bonds is 4. The fourth-order valence-corrected chi connectivity index (χ4v) is 1.33. The normalized spacial score (nSPS) is 10.4. The van der Waals surface area contributed by atoms with Crippen molar-refractivity contribution in [1.29, 1.82) is 0 Å². The second kappa shape index (κ2) is 5.52. The van der Waals surface area contributed by atoms with Gasteiger partial charge in [0.15, 0.2) is 0 Å². The van der Waals surface area contributed by atoms with Gasteiger partial charge in [0.2, 0.25) is 0 Å². The molecule has 0 amide bonds. The highest BCUT2D eigenvalue weighted by Crippen LogP contribution is 2.22. The smallest absolute Gasteiger partial charge is 0.379 e. The van der Waals surface area contributed by atoms with Crippen LogP contribution in [-0.4, -0.2) is 18.4 Å². The summed E-state index contributed by atoms with van der Waals surface area (Å²) in [5, 5.41) is 0. The first-order chi connectivity index (χ1) is 7.97. The Balaban J connectivity index is 3.08. The van der Waals surface area contributed by atoms with Crippen LogP contribution in [0.25, 0.3) is 0 Å². The van der Waals surface area contributed by atoms with Crippen molar-refractivity contribution in [2.24, 2.45) is 0 Å². The van der Waals surface area contributed by atoms with E-state index in [1.54, 1.807) is 13.8 Å². The van der Waals surface area contributed by atoms with Crippen molar-refractivity contribution in [3.05, 3.63) is 34.9 Å². The number of carbonyl (C=O) groups is 2. The highest BCUT2D eigenvalue weighted by molar-refractivity contribution is 6.41. The number of ketones is 1. The molecule has 0 atom stereocenters. The molecule has 0 aliphatic rings. The van der Waals surface area contributed by atoms with Crippen LogP contribution in [0.15, 0.2) is 18.2 Å². The Labute approximate surface area is 97.4 Å². The van der Waals surface area contributed by atoms with Gasteiger partial charge in [0.25, 0.3) is 12.2 Å². The van der Waals surface area contributed by atoms with Crippen LogP contribution in [0.2, 0.25) is 0 Å². The summed E-state index contributed by atoms with van der Waals surface area (Å²) in [6.45, 7) is 3.20. The maximum Gasteiger partial charge on any atom is 0.379 e. The summed E-state index contributed by atoms with van der Waals surface area (Å²) in [6.07, 6.45) is -2.68. The minimum Gasteiger partial charge on any atom is -0.460 e. The molecule has 0 aliphatic carbocycles. The summed E-state index contributed by atoms with van der Waals surface area (Å²) >= 11 is 0. The van der Waals surface area contributed by atoms with Gasteiger partial charge >= 0.3 is 5.97 Å².